The number of aromatic nitrogens is 2. The Bertz CT molecular complexity index is 698. The minimum Gasteiger partial charge on any atom is -0.301 e. The Labute approximate surface area is 124 Å². The molecule has 0 atom stereocenters. The molecule has 0 radical (unpaired) electrons. The van der Waals surface area contributed by atoms with E-state index in [0.717, 1.165) is 23.4 Å². The molecule has 1 heterocycles. The third-order valence-electron chi connectivity index (χ3n) is 2.51. The molecule has 0 saturated heterocycles. The molecule has 1 aromatic heterocycles. The lowest BCUT2D eigenvalue weighted by Gasteiger charge is -2.02. The third-order valence-corrected chi connectivity index (χ3v) is 3.20. The summed E-state index contributed by atoms with van der Waals surface area (Å²) < 4.78 is 0. The molecule has 2 aromatic rings. The number of carbonyl (C=O) groups is 1. The van der Waals surface area contributed by atoms with Crippen LogP contribution in [-0.4, -0.2) is 21.1 Å². The number of amides is 1. The van der Waals surface area contributed by atoms with Gasteiger partial charge in [-0.3, -0.25) is 14.8 Å². The summed E-state index contributed by atoms with van der Waals surface area (Å²) in [7, 11) is 0. The van der Waals surface area contributed by atoms with Crippen molar-refractivity contribution in [1.82, 2.24) is 15.4 Å². The SMILES string of the molecule is O=C(/C=C/Sc1nc(Cc2ccccc2)cc(=O)[nH]1)NO. The zero-order chi connectivity index (χ0) is 15.1. The lowest BCUT2D eigenvalue weighted by molar-refractivity contribution is -0.124. The molecule has 0 saturated carbocycles. The van der Waals surface area contributed by atoms with Crippen LogP contribution in [0.5, 0.6) is 0 Å². The van der Waals surface area contributed by atoms with Crippen molar-refractivity contribution in [3.63, 3.8) is 0 Å². The first-order chi connectivity index (χ1) is 10.2. The first-order valence-electron chi connectivity index (χ1n) is 6.09. The zero-order valence-corrected chi connectivity index (χ0v) is 11.8. The molecule has 0 aliphatic carbocycles. The van der Waals surface area contributed by atoms with Crippen molar-refractivity contribution in [3.8, 4) is 0 Å². The first kappa shape index (κ1) is 15.0. The predicted molar refractivity (Wildman–Crippen MR) is 79.0 cm³/mol. The summed E-state index contributed by atoms with van der Waals surface area (Å²) in [4.78, 5) is 29.3. The molecule has 7 heteroatoms. The largest absolute Gasteiger partial charge is 0.301 e. The number of nitrogens with zero attached hydrogens (tertiary/aromatic N) is 1. The predicted octanol–water partition coefficient (Wildman–Crippen LogP) is 1.47. The van der Waals surface area contributed by atoms with Crippen LogP contribution in [0.2, 0.25) is 0 Å². The summed E-state index contributed by atoms with van der Waals surface area (Å²) in [6.45, 7) is 0. The molecule has 1 aromatic carbocycles. The van der Waals surface area contributed by atoms with Crippen molar-refractivity contribution >= 4 is 17.7 Å². The van der Waals surface area contributed by atoms with E-state index in [1.165, 1.54) is 17.0 Å². The standard InChI is InChI=1S/C14H13N3O3S/c18-12(17-20)6-7-21-14-15-11(9-13(19)16-14)8-10-4-2-1-3-5-10/h1-7,9,20H,8H2,(H,17,18)(H,15,16,19)/b7-6+. The molecular weight excluding hydrogens is 290 g/mol. The van der Waals surface area contributed by atoms with E-state index in [0.29, 0.717) is 17.3 Å². The number of hydrogen-bond donors (Lipinski definition) is 3. The number of aromatic amines is 1. The van der Waals surface area contributed by atoms with Crippen LogP contribution in [0.3, 0.4) is 0 Å². The van der Waals surface area contributed by atoms with Crippen molar-refractivity contribution in [2.75, 3.05) is 0 Å². The fourth-order valence-electron chi connectivity index (χ4n) is 1.63. The van der Waals surface area contributed by atoms with Crippen molar-refractivity contribution in [2.45, 2.75) is 11.6 Å². The smallest absolute Gasteiger partial charge is 0.267 e. The first-order valence-corrected chi connectivity index (χ1v) is 6.97. The fourth-order valence-corrected chi connectivity index (χ4v) is 2.28. The molecule has 0 aliphatic heterocycles. The molecule has 0 bridgehead atoms. The number of nitrogens with one attached hydrogen (secondary N) is 2. The van der Waals surface area contributed by atoms with Crippen molar-refractivity contribution < 1.29 is 10.0 Å². The topological polar surface area (TPSA) is 95.1 Å². The second-order valence-electron chi connectivity index (χ2n) is 4.10. The highest BCUT2D eigenvalue weighted by molar-refractivity contribution is 8.02. The van der Waals surface area contributed by atoms with Gasteiger partial charge < -0.3 is 4.98 Å². The van der Waals surface area contributed by atoms with Gasteiger partial charge in [0.05, 0.1) is 5.69 Å². The minimum absolute atomic E-state index is 0.251. The highest BCUT2D eigenvalue weighted by Gasteiger charge is 2.02. The Balaban J connectivity index is 2.12. The molecule has 0 spiro atoms. The third kappa shape index (κ3) is 4.90. The normalized spacial score (nSPS) is 10.7. The van der Waals surface area contributed by atoms with Gasteiger partial charge in [-0.05, 0) is 11.0 Å². The lowest BCUT2D eigenvalue weighted by Crippen LogP contribution is -2.14. The second kappa shape index (κ2) is 7.41. The number of benzene rings is 1. The molecule has 1 amide bonds. The molecule has 0 aliphatic rings. The number of hydrogen-bond acceptors (Lipinski definition) is 5. The minimum atomic E-state index is -0.648. The highest BCUT2D eigenvalue weighted by atomic mass is 32.2. The average Bonchev–Trinajstić information content (AvgIpc) is 2.47. The van der Waals surface area contributed by atoms with Crippen LogP contribution in [0.15, 0.2) is 57.8 Å². The van der Waals surface area contributed by atoms with Crippen molar-refractivity contribution in [1.29, 1.82) is 0 Å². The van der Waals surface area contributed by atoms with Crippen LogP contribution < -0.4 is 11.0 Å². The molecule has 0 fully saturated rings. The van der Waals surface area contributed by atoms with Crippen LogP contribution in [0.1, 0.15) is 11.3 Å². The monoisotopic (exact) mass is 303 g/mol. The maximum atomic E-state index is 11.6. The molecule has 0 unspecified atom stereocenters. The highest BCUT2D eigenvalue weighted by Crippen LogP contribution is 2.14. The van der Waals surface area contributed by atoms with Gasteiger partial charge in [0.15, 0.2) is 5.16 Å². The summed E-state index contributed by atoms with van der Waals surface area (Å²) in [5.74, 6) is -0.648. The van der Waals surface area contributed by atoms with Crippen LogP contribution in [0.4, 0.5) is 0 Å². The van der Waals surface area contributed by atoms with E-state index >= 15 is 0 Å². The van der Waals surface area contributed by atoms with Gasteiger partial charge in [0.2, 0.25) is 0 Å². The average molecular weight is 303 g/mol. The van der Waals surface area contributed by atoms with E-state index in [2.05, 4.69) is 9.97 Å². The van der Waals surface area contributed by atoms with E-state index in [-0.39, 0.29) is 5.56 Å². The van der Waals surface area contributed by atoms with Gasteiger partial charge in [-0.25, -0.2) is 10.5 Å². The van der Waals surface area contributed by atoms with Gasteiger partial charge >= 0.3 is 0 Å². The molecule has 108 valence electrons. The molecule has 21 heavy (non-hydrogen) atoms. The van der Waals surface area contributed by atoms with Crippen molar-refractivity contribution in [2.24, 2.45) is 0 Å². The van der Waals surface area contributed by atoms with Gasteiger partial charge in [0.1, 0.15) is 0 Å². The Morgan fingerprint density at radius 2 is 2.14 bits per heavy atom. The van der Waals surface area contributed by atoms with Gasteiger partial charge in [0.25, 0.3) is 11.5 Å². The number of carbonyl (C=O) groups excluding carboxylic acids is 1. The molecular formula is C14H13N3O3S. The molecule has 3 N–H and O–H groups in total. The second-order valence-corrected chi connectivity index (χ2v) is 5.00. The number of thioether (sulfide) groups is 1. The van der Waals surface area contributed by atoms with E-state index in [4.69, 9.17) is 5.21 Å². The lowest BCUT2D eigenvalue weighted by atomic mass is 10.1. The van der Waals surface area contributed by atoms with Gasteiger partial charge in [-0.15, -0.1) is 0 Å². The van der Waals surface area contributed by atoms with Gasteiger partial charge in [-0.1, -0.05) is 42.1 Å². The summed E-state index contributed by atoms with van der Waals surface area (Å²) in [6, 6.07) is 11.1. The maximum Gasteiger partial charge on any atom is 0.267 e. The van der Waals surface area contributed by atoms with Gasteiger partial charge in [-0.2, -0.15) is 0 Å². The van der Waals surface area contributed by atoms with Crippen LogP contribution in [0, 0.1) is 0 Å². The Hall–Kier alpha value is -2.38. The summed E-state index contributed by atoms with van der Waals surface area (Å²) in [5.41, 5.74) is 2.93. The van der Waals surface area contributed by atoms with E-state index in [1.807, 2.05) is 30.3 Å². The van der Waals surface area contributed by atoms with E-state index in [9.17, 15) is 9.59 Å². The maximum absolute atomic E-state index is 11.6. The fraction of sp³-hybridized carbons (Fsp3) is 0.0714. The number of H-pyrrole nitrogens is 1. The summed E-state index contributed by atoms with van der Waals surface area (Å²) >= 11 is 1.08. The van der Waals surface area contributed by atoms with Crippen molar-refractivity contribution in [3.05, 3.63) is 69.5 Å². The molecule has 6 nitrogen and oxygen atoms in total. The van der Waals surface area contributed by atoms with Crippen LogP contribution in [0.25, 0.3) is 0 Å². The summed E-state index contributed by atoms with van der Waals surface area (Å²) in [6.07, 6.45) is 1.69. The van der Waals surface area contributed by atoms with E-state index in [1.54, 1.807) is 0 Å². The Morgan fingerprint density at radius 1 is 1.38 bits per heavy atom. The van der Waals surface area contributed by atoms with Crippen LogP contribution >= 0.6 is 11.8 Å². The van der Waals surface area contributed by atoms with E-state index < -0.39 is 5.91 Å². The van der Waals surface area contributed by atoms with Crippen LogP contribution in [-0.2, 0) is 11.2 Å². The molecule has 2 rings (SSSR count). The number of rotatable bonds is 5. The van der Waals surface area contributed by atoms with Gasteiger partial charge in [0, 0.05) is 18.6 Å². The zero-order valence-electron chi connectivity index (χ0n) is 10.9. The quantitative estimate of drug-likeness (QED) is 0.256. The summed E-state index contributed by atoms with van der Waals surface area (Å²) in [5, 5.41) is 10.2. The number of hydroxylamine groups is 1. The Morgan fingerprint density at radius 3 is 2.86 bits per heavy atom. The Kier molecular flexibility index (Phi) is 5.30.